The van der Waals surface area contributed by atoms with Crippen molar-refractivity contribution in [1.29, 1.82) is 0 Å². The SMILES string of the molecule is COc1ccc(C(=O)Nc2ccc(CN3C(=O)[C@@]4(O[C@@H](CC(=O)N5Cc6ccccc6C[C@H]5CO)[C@H]([Si](C)(C)O)[C@H]4C)c4cc([N+](=O)[O-])ccc43)cc2)cc1. The van der Waals surface area contributed by atoms with Gasteiger partial charge in [-0.1, -0.05) is 43.3 Å². The molecule has 3 aliphatic rings. The molecule has 7 rings (SSSR count). The third kappa shape index (κ3) is 6.90. The Morgan fingerprint density at radius 1 is 1.04 bits per heavy atom. The molecule has 4 aromatic rings. The predicted molar refractivity (Wildman–Crippen MR) is 207 cm³/mol. The first-order valence-electron chi connectivity index (χ1n) is 18.3. The van der Waals surface area contributed by atoms with Gasteiger partial charge in [-0.3, -0.25) is 24.5 Å². The maximum Gasteiger partial charge on any atom is 0.269 e. The molecule has 3 aliphatic heterocycles. The predicted octanol–water partition coefficient (Wildman–Crippen LogP) is 5.54. The number of aliphatic hydroxyl groups is 1. The van der Waals surface area contributed by atoms with Crippen LogP contribution >= 0.6 is 0 Å². The second-order valence-corrected chi connectivity index (χ2v) is 19.1. The van der Waals surface area contributed by atoms with Crippen molar-refractivity contribution in [2.75, 3.05) is 23.9 Å². The van der Waals surface area contributed by atoms with Crippen molar-refractivity contribution in [3.8, 4) is 5.75 Å². The lowest BCUT2D eigenvalue weighted by molar-refractivity contribution is -0.385. The molecule has 0 bridgehead atoms. The Bertz CT molecular complexity index is 2140. The van der Waals surface area contributed by atoms with Gasteiger partial charge in [-0.25, -0.2) is 0 Å². The summed E-state index contributed by atoms with van der Waals surface area (Å²) in [7, 11) is -1.62. The number of aliphatic hydroxyl groups excluding tert-OH is 1. The lowest BCUT2D eigenvalue weighted by Crippen LogP contribution is -2.48. The average Bonchev–Trinajstić information content (AvgIpc) is 3.60. The summed E-state index contributed by atoms with van der Waals surface area (Å²) in [5.74, 6) is -1.03. The highest BCUT2D eigenvalue weighted by atomic mass is 28.4. The lowest BCUT2D eigenvalue weighted by Gasteiger charge is -2.37. The van der Waals surface area contributed by atoms with Crippen molar-refractivity contribution in [2.24, 2.45) is 5.92 Å². The van der Waals surface area contributed by atoms with E-state index in [9.17, 15) is 34.4 Å². The average molecular weight is 765 g/mol. The number of nitro groups is 1. The number of amides is 3. The minimum absolute atomic E-state index is 0.0910. The molecular weight excluding hydrogens is 721 g/mol. The molecule has 3 amide bonds. The molecule has 14 heteroatoms. The number of carbonyl (C=O) groups is 3. The molecule has 13 nitrogen and oxygen atoms in total. The summed E-state index contributed by atoms with van der Waals surface area (Å²) in [4.78, 5) is 68.4. The summed E-state index contributed by atoms with van der Waals surface area (Å²) < 4.78 is 12.0. The van der Waals surface area contributed by atoms with Crippen molar-refractivity contribution in [1.82, 2.24) is 4.90 Å². The zero-order valence-corrected chi connectivity index (χ0v) is 32.1. The second kappa shape index (κ2) is 14.7. The van der Waals surface area contributed by atoms with Gasteiger partial charge in [-0.2, -0.15) is 0 Å². The third-order valence-corrected chi connectivity index (χ3v) is 13.8. The fraction of sp³-hybridized carbons (Fsp3) is 0.341. The monoisotopic (exact) mass is 764 g/mol. The third-order valence-electron chi connectivity index (χ3n) is 11.3. The topological polar surface area (TPSA) is 172 Å². The van der Waals surface area contributed by atoms with Crippen molar-refractivity contribution in [3.63, 3.8) is 0 Å². The largest absolute Gasteiger partial charge is 0.497 e. The number of methoxy groups -OCH3 is 1. The first kappa shape index (κ1) is 37.9. The van der Waals surface area contributed by atoms with E-state index in [1.165, 1.54) is 17.0 Å². The van der Waals surface area contributed by atoms with E-state index in [-0.39, 0.29) is 37.1 Å². The number of rotatable bonds is 10. The van der Waals surface area contributed by atoms with Gasteiger partial charge in [0, 0.05) is 47.0 Å². The Labute approximate surface area is 319 Å². The molecule has 55 heavy (non-hydrogen) atoms. The van der Waals surface area contributed by atoms with Gasteiger partial charge in [0.05, 0.1) is 49.4 Å². The van der Waals surface area contributed by atoms with E-state index in [0.29, 0.717) is 41.2 Å². The molecule has 4 aromatic carbocycles. The van der Waals surface area contributed by atoms with Gasteiger partial charge in [0.25, 0.3) is 17.5 Å². The molecule has 1 spiro atoms. The summed E-state index contributed by atoms with van der Waals surface area (Å²) in [6, 6.07) is 25.4. The van der Waals surface area contributed by atoms with Crippen molar-refractivity contribution < 1.29 is 38.7 Å². The number of hydrogen-bond donors (Lipinski definition) is 3. The molecule has 5 atom stereocenters. The van der Waals surface area contributed by atoms with E-state index in [1.54, 1.807) is 79.7 Å². The van der Waals surface area contributed by atoms with Gasteiger partial charge in [-0.15, -0.1) is 0 Å². The van der Waals surface area contributed by atoms with Gasteiger partial charge in [0.1, 0.15) is 5.75 Å². The molecule has 286 valence electrons. The molecule has 3 heterocycles. The number of non-ortho nitro benzene ring substituents is 1. The molecule has 0 unspecified atom stereocenters. The smallest absolute Gasteiger partial charge is 0.269 e. The molecule has 1 saturated heterocycles. The van der Waals surface area contributed by atoms with Crippen molar-refractivity contribution in [3.05, 3.63) is 129 Å². The van der Waals surface area contributed by atoms with E-state index >= 15 is 0 Å². The maximum absolute atomic E-state index is 14.9. The van der Waals surface area contributed by atoms with Gasteiger partial charge < -0.3 is 34.5 Å². The van der Waals surface area contributed by atoms with Crippen LogP contribution in [0.2, 0.25) is 18.6 Å². The lowest BCUT2D eigenvalue weighted by atomic mass is 9.82. The Morgan fingerprint density at radius 2 is 1.73 bits per heavy atom. The normalized spacial score (nSPS) is 23.1. The van der Waals surface area contributed by atoms with Gasteiger partial charge in [-0.05, 0) is 78.7 Å². The summed E-state index contributed by atoms with van der Waals surface area (Å²) in [6.07, 6.45) is -0.530. The highest BCUT2D eigenvalue weighted by Gasteiger charge is 2.66. The maximum atomic E-state index is 14.9. The van der Waals surface area contributed by atoms with Crippen LogP contribution in [-0.2, 0) is 39.4 Å². The van der Waals surface area contributed by atoms with E-state index < -0.39 is 48.4 Å². The van der Waals surface area contributed by atoms with Gasteiger partial charge >= 0.3 is 0 Å². The number of fused-ring (bicyclic) bond motifs is 3. The minimum atomic E-state index is -3.17. The second-order valence-electron chi connectivity index (χ2n) is 15.1. The number of carbonyl (C=O) groups excluding carboxylic acids is 3. The van der Waals surface area contributed by atoms with Crippen LogP contribution < -0.4 is 15.0 Å². The Hall–Kier alpha value is -5.41. The Balaban J connectivity index is 1.17. The van der Waals surface area contributed by atoms with E-state index in [1.807, 2.05) is 31.2 Å². The molecule has 3 N–H and O–H groups in total. The standard InChI is InChI=1S/C41H44N4O9Si/c1-25-38(55(3,4)52)36(21-37(47)43-23-29-8-6-5-7-28(29)19-32(43)24-46)54-41(25)34-20-31(45(50)51)15-18-35(34)44(40(41)49)22-26-9-13-30(14-10-26)42-39(48)27-11-16-33(53-2)17-12-27/h5-18,20,25,32,36,38,46,52H,19,21-24H2,1-4H3,(H,42,48)/t25-,32+,36+,38-,41+/m1/s1. The van der Waals surface area contributed by atoms with Crippen LogP contribution in [0, 0.1) is 16.0 Å². The number of benzene rings is 4. The van der Waals surface area contributed by atoms with Crippen molar-refractivity contribution >= 4 is 43.1 Å². The van der Waals surface area contributed by atoms with E-state index in [0.717, 1.165) is 16.7 Å². The number of nitro benzene ring substituents is 1. The van der Waals surface area contributed by atoms with Crippen LogP contribution in [0.15, 0.2) is 91.0 Å². The summed E-state index contributed by atoms with van der Waals surface area (Å²) >= 11 is 0. The quantitative estimate of drug-likeness (QED) is 0.107. The fourth-order valence-corrected chi connectivity index (χ4v) is 11.2. The van der Waals surface area contributed by atoms with Crippen LogP contribution in [0.25, 0.3) is 0 Å². The molecular formula is C41H44N4O9Si. The van der Waals surface area contributed by atoms with E-state index in [4.69, 9.17) is 9.47 Å². The number of nitrogens with one attached hydrogen (secondary N) is 1. The molecule has 1 fully saturated rings. The molecule has 0 radical (unpaired) electrons. The van der Waals surface area contributed by atoms with Crippen LogP contribution in [-0.4, -0.2) is 71.6 Å². The first-order chi connectivity index (χ1) is 26.2. The zero-order chi connectivity index (χ0) is 39.2. The molecule has 0 aliphatic carbocycles. The molecule has 0 saturated carbocycles. The highest BCUT2D eigenvalue weighted by Crippen LogP contribution is 2.60. The number of ether oxygens (including phenoxy) is 2. The fourth-order valence-electron chi connectivity index (χ4n) is 8.69. The molecule has 0 aromatic heterocycles. The number of nitrogens with zero attached hydrogens (tertiary/aromatic N) is 3. The Kier molecular flexibility index (Phi) is 10.1. The number of anilines is 2. The zero-order valence-electron chi connectivity index (χ0n) is 31.1. The van der Waals surface area contributed by atoms with Crippen molar-refractivity contribution in [2.45, 2.75) is 69.2 Å². The minimum Gasteiger partial charge on any atom is -0.497 e. The summed E-state index contributed by atoms with van der Waals surface area (Å²) in [6.45, 7) is 5.50. The van der Waals surface area contributed by atoms with E-state index in [2.05, 4.69) is 5.32 Å². The summed E-state index contributed by atoms with van der Waals surface area (Å²) in [5.41, 5.74) is 2.03. The summed E-state index contributed by atoms with van der Waals surface area (Å²) in [5, 5.41) is 25.2. The number of hydrogen-bond acceptors (Lipinski definition) is 9. The highest BCUT2D eigenvalue weighted by molar-refractivity contribution is 6.71. The van der Waals surface area contributed by atoms with Crippen LogP contribution in [0.3, 0.4) is 0 Å². The van der Waals surface area contributed by atoms with Gasteiger partial charge in [0.2, 0.25) is 5.91 Å². The van der Waals surface area contributed by atoms with Crippen LogP contribution in [0.4, 0.5) is 17.1 Å². The van der Waals surface area contributed by atoms with Gasteiger partial charge in [0.15, 0.2) is 13.9 Å². The first-order valence-corrected chi connectivity index (χ1v) is 21.3. The van der Waals surface area contributed by atoms with Crippen LogP contribution in [0.1, 0.15) is 46.0 Å². The van der Waals surface area contributed by atoms with Crippen LogP contribution in [0.5, 0.6) is 5.75 Å². The Morgan fingerprint density at radius 3 is 2.36 bits per heavy atom.